The van der Waals surface area contributed by atoms with E-state index in [0.717, 1.165) is 22.5 Å². The SMILES string of the molecule is COCCOC(=O)C1=C(C)N(c2ccc(C)c(C)c2)C(=S)N[C@H]1c1ccccc1. The van der Waals surface area contributed by atoms with Crippen LogP contribution >= 0.6 is 12.2 Å². The second-order valence-corrected chi connectivity index (χ2v) is 7.41. The summed E-state index contributed by atoms with van der Waals surface area (Å²) in [6.45, 7) is 6.58. The van der Waals surface area contributed by atoms with Crippen molar-refractivity contribution >= 4 is 29.0 Å². The van der Waals surface area contributed by atoms with Gasteiger partial charge in [0, 0.05) is 18.5 Å². The van der Waals surface area contributed by atoms with Crippen molar-refractivity contribution in [3.05, 3.63) is 76.5 Å². The van der Waals surface area contributed by atoms with Gasteiger partial charge in [-0.15, -0.1) is 0 Å². The predicted molar refractivity (Wildman–Crippen MR) is 119 cm³/mol. The molecule has 1 N–H and O–H groups in total. The highest BCUT2D eigenvalue weighted by Crippen LogP contribution is 2.34. The van der Waals surface area contributed by atoms with Crippen LogP contribution in [-0.2, 0) is 14.3 Å². The maximum absolute atomic E-state index is 13.0. The number of thiocarbonyl (C=S) groups is 1. The highest BCUT2D eigenvalue weighted by atomic mass is 32.1. The topological polar surface area (TPSA) is 50.8 Å². The molecule has 1 aliphatic rings. The maximum Gasteiger partial charge on any atom is 0.338 e. The summed E-state index contributed by atoms with van der Waals surface area (Å²) in [7, 11) is 1.58. The molecule has 0 aromatic heterocycles. The fourth-order valence-electron chi connectivity index (χ4n) is 3.37. The third-order valence-corrected chi connectivity index (χ3v) is 5.41. The number of anilines is 1. The molecule has 29 heavy (non-hydrogen) atoms. The normalized spacial score (nSPS) is 16.6. The van der Waals surface area contributed by atoms with Crippen LogP contribution in [0.1, 0.15) is 29.7 Å². The average Bonchev–Trinajstić information content (AvgIpc) is 2.71. The number of hydrogen-bond acceptors (Lipinski definition) is 4. The number of hydrogen-bond donors (Lipinski definition) is 1. The molecule has 0 saturated carbocycles. The van der Waals surface area contributed by atoms with Crippen LogP contribution in [0.3, 0.4) is 0 Å². The quantitative estimate of drug-likeness (QED) is 0.438. The number of carbonyl (C=O) groups is 1. The molecule has 0 saturated heterocycles. The van der Waals surface area contributed by atoms with E-state index in [1.807, 2.05) is 48.2 Å². The summed E-state index contributed by atoms with van der Waals surface area (Å²) in [6, 6.07) is 15.5. The van der Waals surface area contributed by atoms with Crippen molar-refractivity contribution < 1.29 is 14.3 Å². The van der Waals surface area contributed by atoms with E-state index in [1.165, 1.54) is 5.56 Å². The van der Waals surface area contributed by atoms with Crippen LogP contribution in [-0.4, -0.2) is 31.4 Å². The zero-order valence-corrected chi connectivity index (χ0v) is 18.0. The van der Waals surface area contributed by atoms with Gasteiger partial charge in [-0.05, 0) is 61.8 Å². The molecule has 0 spiro atoms. The van der Waals surface area contributed by atoms with Crippen molar-refractivity contribution in [3.63, 3.8) is 0 Å². The maximum atomic E-state index is 13.0. The Morgan fingerprint density at radius 1 is 1.07 bits per heavy atom. The van der Waals surface area contributed by atoms with Crippen molar-refractivity contribution in [2.45, 2.75) is 26.8 Å². The summed E-state index contributed by atoms with van der Waals surface area (Å²) in [4.78, 5) is 14.9. The van der Waals surface area contributed by atoms with Gasteiger partial charge in [-0.2, -0.15) is 0 Å². The fourth-order valence-corrected chi connectivity index (χ4v) is 3.73. The minimum absolute atomic E-state index is 0.196. The monoisotopic (exact) mass is 410 g/mol. The highest BCUT2D eigenvalue weighted by Gasteiger charge is 2.35. The molecular weight excluding hydrogens is 384 g/mol. The lowest BCUT2D eigenvalue weighted by Gasteiger charge is -2.37. The third kappa shape index (κ3) is 4.49. The van der Waals surface area contributed by atoms with Crippen molar-refractivity contribution in [2.24, 2.45) is 0 Å². The Bertz CT molecular complexity index is 940. The van der Waals surface area contributed by atoms with Gasteiger partial charge in [0.15, 0.2) is 5.11 Å². The summed E-state index contributed by atoms with van der Waals surface area (Å²) >= 11 is 5.69. The first kappa shape index (κ1) is 21.0. The summed E-state index contributed by atoms with van der Waals surface area (Å²) < 4.78 is 10.5. The molecule has 1 aliphatic heterocycles. The number of carbonyl (C=O) groups excluding carboxylic acids is 1. The van der Waals surface area contributed by atoms with Crippen molar-refractivity contribution in [1.29, 1.82) is 0 Å². The number of nitrogens with one attached hydrogen (secondary N) is 1. The zero-order chi connectivity index (χ0) is 21.0. The van der Waals surface area contributed by atoms with Crippen LogP contribution < -0.4 is 10.2 Å². The highest BCUT2D eigenvalue weighted by molar-refractivity contribution is 7.80. The van der Waals surface area contributed by atoms with Crippen LogP contribution in [0, 0.1) is 13.8 Å². The Labute approximate surface area is 177 Å². The van der Waals surface area contributed by atoms with Crippen LogP contribution in [0.5, 0.6) is 0 Å². The molecule has 0 amide bonds. The molecule has 152 valence electrons. The zero-order valence-electron chi connectivity index (χ0n) is 17.2. The molecular formula is C23H26N2O3S. The largest absolute Gasteiger partial charge is 0.460 e. The van der Waals surface area contributed by atoms with Crippen LogP contribution in [0.15, 0.2) is 59.8 Å². The lowest BCUT2D eigenvalue weighted by Crippen LogP contribution is -2.48. The van der Waals surface area contributed by atoms with E-state index in [4.69, 9.17) is 21.7 Å². The summed E-state index contributed by atoms with van der Waals surface area (Å²) in [5.74, 6) is -0.378. The van der Waals surface area contributed by atoms with Gasteiger partial charge < -0.3 is 14.8 Å². The van der Waals surface area contributed by atoms with Gasteiger partial charge >= 0.3 is 5.97 Å². The predicted octanol–water partition coefficient (Wildman–Crippen LogP) is 4.20. The van der Waals surface area contributed by atoms with Gasteiger partial charge in [-0.3, -0.25) is 4.90 Å². The number of rotatable bonds is 6. The lowest BCUT2D eigenvalue weighted by molar-refractivity contribution is -0.140. The minimum Gasteiger partial charge on any atom is -0.460 e. The number of esters is 1. The first-order valence-corrected chi connectivity index (χ1v) is 9.94. The molecule has 2 aromatic rings. The molecule has 1 atom stereocenters. The lowest BCUT2D eigenvalue weighted by atomic mass is 9.94. The molecule has 0 fully saturated rings. The Balaban J connectivity index is 2.07. The Hall–Kier alpha value is -2.70. The molecule has 1 heterocycles. The van der Waals surface area contributed by atoms with Gasteiger partial charge in [0.1, 0.15) is 6.61 Å². The van der Waals surface area contributed by atoms with E-state index in [0.29, 0.717) is 17.3 Å². The van der Waals surface area contributed by atoms with E-state index in [-0.39, 0.29) is 18.6 Å². The van der Waals surface area contributed by atoms with Crippen LogP contribution in [0.4, 0.5) is 5.69 Å². The van der Waals surface area contributed by atoms with Gasteiger partial charge in [-0.1, -0.05) is 36.4 Å². The van der Waals surface area contributed by atoms with Crippen molar-refractivity contribution in [3.8, 4) is 0 Å². The molecule has 3 rings (SSSR count). The van der Waals surface area contributed by atoms with E-state index >= 15 is 0 Å². The Morgan fingerprint density at radius 3 is 2.45 bits per heavy atom. The molecule has 0 bridgehead atoms. The van der Waals surface area contributed by atoms with Crippen molar-refractivity contribution in [1.82, 2.24) is 5.32 Å². The number of allylic oxidation sites excluding steroid dienone is 1. The van der Waals surface area contributed by atoms with Crippen LogP contribution in [0.25, 0.3) is 0 Å². The second kappa shape index (κ2) is 9.20. The first-order chi connectivity index (χ1) is 13.9. The van der Waals surface area contributed by atoms with E-state index < -0.39 is 0 Å². The number of aryl methyl sites for hydroxylation is 2. The second-order valence-electron chi connectivity index (χ2n) is 7.02. The van der Waals surface area contributed by atoms with E-state index in [2.05, 4.69) is 31.3 Å². The van der Waals surface area contributed by atoms with E-state index in [1.54, 1.807) is 7.11 Å². The van der Waals surface area contributed by atoms with Crippen molar-refractivity contribution in [2.75, 3.05) is 25.2 Å². The van der Waals surface area contributed by atoms with Gasteiger partial charge in [0.2, 0.25) is 0 Å². The molecule has 0 unspecified atom stereocenters. The van der Waals surface area contributed by atoms with Gasteiger partial charge in [-0.25, -0.2) is 4.79 Å². The molecule has 5 nitrogen and oxygen atoms in total. The Morgan fingerprint density at radius 2 is 1.79 bits per heavy atom. The average molecular weight is 411 g/mol. The van der Waals surface area contributed by atoms with Crippen LogP contribution in [0.2, 0.25) is 0 Å². The van der Waals surface area contributed by atoms with Gasteiger partial charge in [0.25, 0.3) is 0 Å². The number of ether oxygens (including phenoxy) is 2. The molecule has 0 radical (unpaired) electrons. The first-order valence-electron chi connectivity index (χ1n) is 9.53. The standard InChI is InChI=1S/C23H26N2O3S/c1-15-10-11-19(14-16(15)2)25-17(3)20(22(26)28-13-12-27-4)21(24-23(25)29)18-8-6-5-7-9-18/h5-11,14,21H,12-13H2,1-4H3,(H,24,29)/t21-/m0/s1. The number of methoxy groups -OCH3 is 1. The molecule has 0 aliphatic carbocycles. The minimum atomic E-state index is -0.378. The summed E-state index contributed by atoms with van der Waals surface area (Å²) in [5.41, 5.74) is 5.52. The fraction of sp³-hybridized carbons (Fsp3) is 0.304. The summed E-state index contributed by atoms with van der Waals surface area (Å²) in [6.07, 6.45) is 0. The number of nitrogens with zero attached hydrogens (tertiary/aromatic N) is 1. The number of benzene rings is 2. The summed E-state index contributed by atoms with van der Waals surface area (Å²) in [5, 5.41) is 3.88. The van der Waals surface area contributed by atoms with E-state index in [9.17, 15) is 4.79 Å². The smallest absolute Gasteiger partial charge is 0.338 e. The molecule has 6 heteroatoms. The molecule has 2 aromatic carbocycles. The third-order valence-electron chi connectivity index (χ3n) is 5.11. The van der Waals surface area contributed by atoms with Gasteiger partial charge in [0.05, 0.1) is 18.2 Å². The Kier molecular flexibility index (Phi) is 6.67.